The SMILES string of the molecule is CN1CCC1CN1CC=CCC1. The summed E-state index contributed by atoms with van der Waals surface area (Å²) in [5, 5.41) is 0. The Morgan fingerprint density at radius 1 is 1.33 bits per heavy atom. The van der Waals surface area contributed by atoms with Crippen LogP contribution >= 0.6 is 0 Å². The molecule has 2 nitrogen and oxygen atoms in total. The first kappa shape index (κ1) is 8.27. The first-order chi connectivity index (χ1) is 5.86. The van der Waals surface area contributed by atoms with E-state index in [4.69, 9.17) is 0 Å². The lowest BCUT2D eigenvalue weighted by atomic mass is 10.0. The van der Waals surface area contributed by atoms with Crippen molar-refractivity contribution in [2.24, 2.45) is 0 Å². The van der Waals surface area contributed by atoms with Crippen LogP contribution in [0.5, 0.6) is 0 Å². The highest BCUT2D eigenvalue weighted by molar-refractivity contribution is 4.93. The summed E-state index contributed by atoms with van der Waals surface area (Å²) in [5.41, 5.74) is 0. The summed E-state index contributed by atoms with van der Waals surface area (Å²) in [7, 11) is 2.23. The lowest BCUT2D eigenvalue weighted by molar-refractivity contribution is 0.0857. The number of nitrogens with zero attached hydrogens (tertiary/aromatic N) is 2. The van der Waals surface area contributed by atoms with E-state index in [1.807, 2.05) is 0 Å². The normalized spacial score (nSPS) is 31.9. The van der Waals surface area contributed by atoms with Gasteiger partial charge >= 0.3 is 0 Å². The molecule has 1 saturated heterocycles. The molecule has 1 unspecified atom stereocenters. The second-order valence-corrected chi connectivity index (χ2v) is 3.94. The molecular formula is C10H18N2. The zero-order chi connectivity index (χ0) is 8.39. The van der Waals surface area contributed by atoms with Gasteiger partial charge in [0, 0.05) is 25.7 Å². The maximum absolute atomic E-state index is 2.56. The van der Waals surface area contributed by atoms with Crippen molar-refractivity contribution >= 4 is 0 Å². The molecule has 0 aliphatic carbocycles. The highest BCUT2D eigenvalue weighted by Gasteiger charge is 2.25. The summed E-state index contributed by atoms with van der Waals surface area (Å²) >= 11 is 0. The molecule has 0 aromatic heterocycles. The molecule has 0 saturated carbocycles. The van der Waals surface area contributed by atoms with Crippen LogP contribution < -0.4 is 0 Å². The van der Waals surface area contributed by atoms with E-state index < -0.39 is 0 Å². The largest absolute Gasteiger partial charge is 0.302 e. The Bertz CT molecular complexity index is 177. The minimum atomic E-state index is 0.844. The van der Waals surface area contributed by atoms with Crippen LogP contribution in [0, 0.1) is 0 Å². The van der Waals surface area contributed by atoms with Gasteiger partial charge in [0.05, 0.1) is 0 Å². The molecule has 2 aliphatic heterocycles. The van der Waals surface area contributed by atoms with Gasteiger partial charge in [0.1, 0.15) is 0 Å². The van der Waals surface area contributed by atoms with Crippen LogP contribution in [0.1, 0.15) is 12.8 Å². The van der Waals surface area contributed by atoms with Crippen molar-refractivity contribution in [3.8, 4) is 0 Å². The topological polar surface area (TPSA) is 6.48 Å². The van der Waals surface area contributed by atoms with E-state index >= 15 is 0 Å². The molecule has 2 heterocycles. The van der Waals surface area contributed by atoms with E-state index in [-0.39, 0.29) is 0 Å². The van der Waals surface area contributed by atoms with Crippen molar-refractivity contribution in [2.75, 3.05) is 33.2 Å². The third kappa shape index (κ3) is 1.70. The predicted octanol–water partition coefficient (Wildman–Crippen LogP) is 0.952. The molecule has 0 N–H and O–H groups in total. The Balaban J connectivity index is 1.75. The Kier molecular flexibility index (Phi) is 2.47. The van der Waals surface area contributed by atoms with E-state index in [0.29, 0.717) is 0 Å². The third-order valence-corrected chi connectivity index (χ3v) is 3.05. The molecule has 0 bridgehead atoms. The van der Waals surface area contributed by atoms with Crippen molar-refractivity contribution in [1.82, 2.24) is 9.80 Å². The smallest absolute Gasteiger partial charge is 0.0232 e. The highest BCUT2D eigenvalue weighted by Crippen LogP contribution is 2.16. The second kappa shape index (κ2) is 3.58. The minimum Gasteiger partial charge on any atom is -0.302 e. The maximum Gasteiger partial charge on any atom is 0.0232 e. The molecule has 1 atom stereocenters. The summed E-state index contributed by atoms with van der Waals surface area (Å²) in [5.74, 6) is 0. The molecule has 68 valence electrons. The van der Waals surface area contributed by atoms with Crippen molar-refractivity contribution in [2.45, 2.75) is 18.9 Å². The van der Waals surface area contributed by atoms with Crippen LogP contribution in [-0.4, -0.2) is 49.1 Å². The fraction of sp³-hybridized carbons (Fsp3) is 0.800. The molecule has 1 fully saturated rings. The van der Waals surface area contributed by atoms with Gasteiger partial charge in [-0.25, -0.2) is 0 Å². The summed E-state index contributed by atoms with van der Waals surface area (Å²) in [6, 6.07) is 0.844. The monoisotopic (exact) mass is 166 g/mol. The number of hydrogen-bond donors (Lipinski definition) is 0. The predicted molar refractivity (Wildman–Crippen MR) is 51.2 cm³/mol. The molecule has 0 spiro atoms. The van der Waals surface area contributed by atoms with Crippen LogP contribution in [0.15, 0.2) is 12.2 Å². The standard InChI is InChI=1S/C10H18N2/c1-11-8-5-10(11)9-12-6-3-2-4-7-12/h2-3,10H,4-9H2,1H3. The van der Waals surface area contributed by atoms with Gasteiger partial charge in [-0.15, -0.1) is 0 Å². The van der Waals surface area contributed by atoms with Gasteiger partial charge < -0.3 is 4.90 Å². The first-order valence-electron chi connectivity index (χ1n) is 4.94. The Morgan fingerprint density at radius 3 is 2.75 bits per heavy atom. The summed E-state index contributed by atoms with van der Waals surface area (Å²) in [6.07, 6.45) is 7.23. The first-order valence-corrected chi connectivity index (χ1v) is 4.94. The summed E-state index contributed by atoms with van der Waals surface area (Å²) in [6.45, 7) is 5.01. The van der Waals surface area contributed by atoms with Gasteiger partial charge in [-0.2, -0.15) is 0 Å². The molecule has 0 radical (unpaired) electrons. The van der Waals surface area contributed by atoms with Crippen LogP contribution in [0.25, 0.3) is 0 Å². The van der Waals surface area contributed by atoms with Crippen LogP contribution in [0.2, 0.25) is 0 Å². The average Bonchev–Trinajstić information content (AvgIpc) is 2.14. The highest BCUT2D eigenvalue weighted by atomic mass is 15.2. The van der Waals surface area contributed by atoms with Gasteiger partial charge in [0.15, 0.2) is 0 Å². The molecule has 2 heteroatoms. The number of rotatable bonds is 2. The molecule has 2 aliphatic rings. The number of likely N-dealkylation sites (N-methyl/N-ethyl adjacent to an activating group) is 1. The maximum atomic E-state index is 2.56. The fourth-order valence-corrected chi connectivity index (χ4v) is 1.95. The van der Waals surface area contributed by atoms with Crippen molar-refractivity contribution < 1.29 is 0 Å². The quantitative estimate of drug-likeness (QED) is 0.564. The van der Waals surface area contributed by atoms with Crippen molar-refractivity contribution in [3.63, 3.8) is 0 Å². The minimum absolute atomic E-state index is 0.844. The van der Waals surface area contributed by atoms with E-state index in [0.717, 1.165) is 6.04 Å². The summed E-state index contributed by atoms with van der Waals surface area (Å²) < 4.78 is 0. The van der Waals surface area contributed by atoms with E-state index in [9.17, 15) is 0 Å². The average molecular weight is 166 g/mol. The fourth-order valence-electron chi connectivity index (χ4n) is 1.95. The second-order valence-electron chi connectivity index (χ2n) is 3.94. The van der Waals surface area contributed by atoms with Crippen LogP contribution in [0.4, 0.5) is 0 Å². The van der Waals surface area contributed by atoms with Gasteiger partial charge in [-0.05, 0) is 26.4 Å². The molecule has 12 heavy (non-hydrogen) atoms. The molecule has 0 amide bonds. The summed E-state index contributed by atoms with van der Waals surface area (Å²) in [4.78, 5) is 5.01. The van der Waals surface area contributed by atoms with Gasteiger partial charge in [-0.1, -0.05) is 12.2 Å². The van der Waals surface area contributed by atoms with Crippen LogP contribution in [-0.2, 0) is 0 Å². The van der Waals surface area contributed by atoms with E-state index in [1.165, 1.54) is 39.0 Å². The Labute approximate surface area is 74.8 Å². The number of likely N-dealkylation sites (tertiary alicyclic amines) is 1. The third-order valence-electron chi connectivity index (χ3n) is 3.05. The van der Waals surface area contributed by atoms with Crippen molar-refractivity contribution in [1.29, 1.82) is 0 Å². The zero-order valence-corrected chi connectivity index (χ0v) is 7.87. The lowest BCUT2D eigenvalue weighted by Gasteiger charge is -2.41. The van der Waals surface area contributed by atoms with Crippen molar-refractivity contribution in [3.05, 3.63) is 12.2 Å². The van der Waals surface area contributed by atoms with Crippen LogP contribution in [0.3, 0.4) is 0 Å². The zero-order valence-electron chi connectivity index (χ0n) is 7.87. The van der Waals surface area contributed by atoms with Gasteiger partial charge in [0.2, 0.25) is 0 Å². The van der Waals surface area contributed by atoms with E-state index in [1.54, 1.807) is 0 Å². The van der Waals surface area contributed by atoms with Gasteiger partial charge in [0.25, 0.3) is 0 Å². The van der Waals surface area contributed by atoms with E-state index in [2.05, 4.69) is 29.0 Å². The number of hydrogen-bond acceptors (Lipinski definition) is 2. The molecule has 2 rings (SSSR count). The molecule has 0 aromatic rings. The molecular weight excluding hydrogens is 148 g/mol. The molecule has 0 aromatic carbocycles. The Morgan fingerprint density at radius 2 is 2.25 bits per heavy atom. The van der Waals surface area contributed by atoms with Gasteiger partial charge in [-0.3, -0.25) is 4.90 Å². The lowest BCUT2D eigenvalue weighted by Crippen LogP contribution is -2.51. The Hall–Kier alpha value is -0.340.